The van der Waals surface area contributed by atoms with Crippen molar-refractivity contribution in [3.63, 3.8) is 0 Å². The average molecular weight is 429 g/mol. The van der Waals surface area contributed by atoms with Crippen LogP contribution in [-0.4, -0.2) is 56.9 Å². The molecule has 0 radical (unpaired) electrons. The van der Waals surface area contributed by atoms with Gasteiger partial charge in [0.05, 0.1) is 18.2 Å². The standard InChI is InChI=1S/C17H21F6N3O3/c1-26(7-6-14(27)25-15(28)24-10-16(18,19)20)13(9-29-2)11-4-3-5-12(8-11)17(21,22)23/h3-5,8,13H,6-7,9-10H2,1-2H3,(H2,24,25,27,28)/t13-/m1/s1. The summed E-state index contributed by atoms with van der Waals surface area (Å²) in [6, 6.07) is 2.74. The first-order valence-corrected chi connectivity index (χ1v) is 8.34. The van der Waals surface area contributed by atoms with Crippen LogP contribution in [-0.2, 0) is 15.7 Å². The fourth-order valence-corrected chi connectivity index (χ4v) is 2.41. The molecule has 6 nitrogen and oxygen atoms in total. The largest absolute Gasteiger partial charge is 0.416 e. The number of hydrogen-bond donors (Lipinski definition) is 2. The lowest BCUT2D eigenvalue weighted by molar-refractivity contribution is -0.137. The molecule has 1 aromatic rings. The van der Waals surface area contributed by atoms with Crippen LogP contribution in [0.1, 0.15) is 23.6 Å². The number of hydrogen-bond acceptors (Lipinski definition) is 4. The summed E-state index contributed by atoms with van der Waals surface area (Å²) in [4.78, 5) is 24.5. The summed E-state index contributed by atoms with van der Waals surface area (Å²) in [5.74, 6) is -0.836. The Kier molecular flexibility index (Phi) is 8.89. The number of carbonyl (C=O) groups excluding carboxylic acids is 2. The van der Waals surface area contributed by atoms with Crippen molar-refractivity contribution in [2.24, 2.45) is 0 Å². The number of imide groups is 1. The fraction of sp³-hybridized carbons (Fsp3) is 0.529. The van der Waals surface area contributed by atoms with E-state index < -0.39 is 42.4 Å². The molecule has 0 aromatic heterocycles. The third-order valence-electron chi connectivity index (χ3n) is 3.85. The van der Waals surface area contributed by atoms with Crippen LogP contribution in [0.5, 0.6) is 0 Å². The minimum atomic E-state index is -4.61. The maximum absolute atomic E-state index is 12.9. The van der Waals surface area contributed by atoms with Crippen molar-refractivity contribution < 1.29 is 40.7 Å². The molecule has 1 rings (SSSR count). The Morgan fingerprint density at radius 3 is 2.38 bits per heavy atom. The number of halogens is 6. The highest BCUT2D eigenvalue weighted by Gasteiger charge is 2.31. The van der Waals surface area contributed by atoms with Crippen molar-refractivity contribution in [3.05, 3.63) is 35.4 Å². The molecule has 12 heteroatoms. The van der Waals surface area contributed by atoms with Crippen LogP contribution >= 0.6 is 0 Å². The van der Waals surface area contributed by atoms with E-state index in [1.165, 1.54) is 24.6 Å². The van der Waals surface area contributed by atoms with E-state index in [9.17, 15) is 35.9 Å². The van der Waals surface area contributed by atoms with Gasteiger partial charge in [-0.15, -0.1) is 0 Å². The molecular weight excluding hydrogens is 408 g/mol. The maximum atomic E-state index is 12.9. The molecule has 0 spiro atoms. The van der Waals surface area contributed by atoms with Gasteiger partial charge in [-0.1, -0.05) is 12.1 Å². The lowest BCUT2D eigenvalue weighted by atomic mass is 10.0. The number of amides is 3. The highest BCUT2D eigenvalue weighted by Crippen LogP contribution is 2.31. The molecule has 0 fully saturated rings. The van der Waals surface area contributed by atoms with E-state index in [0.29, 0.717) is 5.56 Å². The van der Waals surface area contributed by atoms with Crippen LogP contribution in [0.3, 0.4) is 0 Å². The molecular formula is C17H21F6N3O3. The molecule has 2 N–H and O–H groups in total. The summed E-state index contributed by atoms with van der Waals surface area (Å²) >= 11 is 0. The van der Waals surface area contributed by atoms with Crippen LogP contribution in [0.2, 0.25) is 0 Å². The normalized spacial score (nSPS) is 13.3. The van der Waals surface area contributed by atoms with Crippen molar-refractivity contribution in [1.82, 2.24) is 15.5 Å². The highest BCUT2D eigenvalue weighted by atomic mass is 19.4. The van der Waals surface area contributed by atoms with Gasteiger partial charge in [-0.3, -0.25) is 15.0 Å². The third kappa shape index (κ3) is 9.13. The molecule has 0 saturated heterocycles. The summed E-state index contributed by atoms with van der Waals surface area (Å²) in [5.41, 5.74) is -0.518. The van der Waals surface area contributed by atoms with Crippen molar-refractivity contribution in [3.8, 4) is 0 Å². The van der Waals surface area contributed by atoms with Gasteiger partial charge in [-0.2, -0.15) is 26.3 Å². The number of benzene rings is 1. The van der Waals surface area contributed by atoms with Gasteiger partial charge in [0.25, 0.3) is 0 Å². The first-order chi connectivity index (χ1) is 13.3. The Balaban J connectivity index is 2.68. The number of likely N-dealkylation sites (N-methyl/N-ethyl adjacent to an activating group) is 1. The Labute approximate surface area is 163 Å². The number of methoxy groups -OCH3 is 1. The number of alkyl halides is 6. The van der Waals surface area contributed by atoms with Crippen LogP contribution in [0, 0.1) is 0 Å². The van der Waals surface area contributed by atoms with E-state index >= 15 is 0 Å². The summed E-state index contributed by atoms with van der Waals surface area (Å²) in [6.45, 7) is -1.54. The molecule has 0 aliphatic carbocycles. The number of urea groups is 1. The number of nitrogens with zero attached hydrogens (tertiary/aromatic N) is 1. The van der Waals surface area contributed by atoms with Crippen molar-refractivity contribution in [2.45, 2.75) is 24.8 Å². The molecule has 0 bridgehead atoms. The SMILES string of the molecule is COC[C@H](c1cccc(C(F)(F)F)c1)N(C)CCC(=O)NC(=O)NCC(F)(F)F. The van der Waals surface area contributed by atoms with E-state index in [1.807, 2.05) is 0 Å². The van der Waals surface area contributed by atoms with Gasteiger partial charge >= 0.3 is 18.4 Å². The zero-order valence-corrected chi connectivity index (χ0v) is 15.7. The fourth-order valence-electron chi connectivity index (χ4n) is 2.41. The third-order valence-corrected chi connectivity index (χ3v) is 3.85. The van der Waals surface area contributed by atoms with Gasteiger partial charge < -0.3 is 10.1 Å². The van der Waals surface area contributed by atoms with Gasteiger partial charge in [0.1, 0.15) is 6.54 Å². The number of nitrogens with one attached hydrogen (secondary N) is 2. The Morgan fingerprint density at radius 2 is 1.83 bits per heavy atom. The first-order valence-electron chi connectivity index (χ1n) is 8.34. The number of rotatable bonds is 8. The number of ether oxygens (including phenoxy) is 1. The zero-order chi connectivity index (χ0) is 22.2. The van der Waals surface area contributed by atoms with E-state index in [0.717, 1.165) is 12.1 Å². The van der Waals surface area contributed by atoms with Gasteiger partial charge in [0.2, 0.25) is 5.91 Å². The summed E-state index contributed by atoms with van der Waals surface area (Å²) in [7, 11) is 2.91. The molecule has 0 aliphatic heterocycles. The minimum Gasteiger partial charge on any atom is -0.383 e. The molecule has 3 amide bonds. The Hall–Kier alpha value is -2.34. The Bertz CT molecular complexity index is 694. The van der Waals surface area contributed by atoms with Gasteiger partial charge in [0, 0.05) is 20.1 Å². The monoisotopic (exact) mass is 429 g/mol. The predicted molar refractivity (Wildman–Crippen MR) is 90.9 cm³/mol. The lowest BCUT2D eigenvalue weighted by Gasteiger charge is -2.28. The smallest absolute Gasteiger partial charge is 0.383 e. The molecule has 0 unspecified atom stereocenters. The Morgan fingerprint density at radius 1 is 1.17 bits per heavy atom. The second-order valence-electron chi connectivity index (χ2n) is 6.17. The number of carbonyl (C=O) groups is 2. The average Bonchev–Trinajstić information content (AvgIpc) is 2.61. The molecule has 0 heterocycles. The topological polar surface area (TPSA) is 70.7 Å². The molecule has 1 atom stereocenters. The second-order valence-corrected chi connectivity index (χ2v) is 6.17. The van der Waals surface area contributed by atoms with Gasteiger partial charge in [0.15, 0.2) is 0 Å². The highest BCUT2D eigenvalue weighted by molar-refractivity contribution is 5.94. The van der Waals surface area contributed by atoms with Crippen molar-refractivity contribution in [2.75, 3.05) is 33.9 Å². The zero-order valence-electron chi connectivity index (χ0n) is 15.7. The summed E-state index contributed by atoms with van der Waals surface area (Å²) in [6.07, 6.45) is -9.40. The van der Waals surface area contributed by atoms with Crippen LogP contribution in [0.25, 0.3) is 0 Å². The van der Waals surface area contributed by atoms with E-state index in [4.69, 9.17) is 4.74 Å². The first kappa shape index (κ1) is 24.7. The maximum Gasteiger partial charge on any atom is 0.416 e. The molecule has 29 heavy (non-hydrogen) atoms. The van der Waals surface area contributed by atoms with E-state index in [1.54, 1.807) is 17.3 Å². The molecule has 0 saturated carbocycles. The quantitative estimate of drug-likeness (QED) is 0.624. The van der Waals surface area contributed by atoms with Crippen molar-refractivity contribution >= 4 is 11.9 Å². The van der Waals surface area contributed by atoms with Gasteiger partial charge in [-0.05, 0) is 24.7 Å². The van der Waals surface area contributed by atoms with Crippen LogP contribution in [0.4, 0.5) is 31.1 Å². The summed E-state index contributed by atoms with van der Waals surface area (Å²) < 4.78 is 79.9. The molecule has 164 valence electrons. The predicted octanol–water partition coefficient (Wildman–Crippen LogP) is 3.10. The van der Waals surface area contributed by atoms with E-state index in [2.05, 4.69) is 0 Å². The second kappa shape index (κ2) is 10.4. The molecule has 1 aromatic carbocycles. The molecule has 0 aliphatic rings. The van der Waals surface area contributed by atoms with Crippen LogP contribution in [0.15, 0.2) is 24.3 Å². The summed E-state index contributed by atoms with van der Waals surface area (Å²) in [5, 5.41) is 3.25. The van der Waals surface area contributed by atoms with Crippen LogP contribution < -0.4 is 10.6 Å². The minimum absolute atomic E-state index is 0.0165. The van der Waals surface area contributed by atoms with Gasteiger partial charge in [-0.25, -0.2) is 4.79 Å². The van der Waals surface area contributed by atoms with E-state index in [-0.39, 0.29) is 19.6 Å². The van der Waals surface area contributed by atoms with Crippen molar-refractivity contribution in [1.29, 1.82) is 0 Å². The lowest BCUT2D eigenvalue weighted by Crippen LogP contribution is -2.44.